The van der Waals surface area contributed by atoms with Crippen LogP contribution in [-0.2, 0) is 17.9 Å². The van der Waals surface area contributed by atoms with Crippen LogP contribution in [0.2, 0.25) is 0 Å². The van der Waals surface area contributed by atoms with Crippen molar-refractivity contribution < 1.29 is 4.79 Å². The summed E-state index contributed by atoms with van der Waals surface area (Å²) in [6.07, 6.45) is 2.11. The molecule has 0 bridgehead atoms. The summed E-state index contributed by atoms with van der Waals surface area (Å²) >= 11 is 1.67. The molecule has 1 atom stereocenters. The normalized spacial score (nSPS) is 18.8. The Morgan fingerprint density at radius 2 is 2.30 bits per heavy atom. The second-order valence-corrected chi connectivity index (χ2v) is 6.16. The zero-order valence-electron chi connectivity index (χ0n) is 11.6. The summed E-state index contributed by atoms with van der Waals surface area (Å²) in [6, 6.07) is 8.56. The number of hydrogen-bond donors (Lipinski definition) is 1. The first-order valence-electron chi connectivity index (χ1n) is 6.92. The number of nitrogens with one attached hydrogen (secondary N) is 1. The zero-order chi connectivity index (χ0) is 13.9. The Bertz CT molecular complexity index is 576. The minimum Gasteiger partial charge on any atom is -0.350 e. The van der Waals surface area contributed by atoms with Gasteiger partial charge < -0.3 is 9.88 Å². The van der Waals surface area contributed by atoms with Gasteiger partial charge in [-0.05, 0) is 30.5 Å². The van der Waals surface area contributed by atoms with E-state index < -0.39 is 0 Å². The molecule has 0 aliphatic carbocycles. The fourth-order valence-corrected chi connectivity index (χ4v) is 3.33. The summed E-state index contributed by atoms with van der Waals surface area (Å²) in [6.45, 7) is 5.16. The predicted molar refractivity (Wildman–Crippen MR) is 80.6 cm³/mol. The molecule has 5 heteroatoms. The molecule has 1 amide bonds. The molecule has 1 N–H and O–H groups in total. The van der Waals surface area contributed by atoms with Gasteiger partial charge >= 0.3 is 0 Å². The highest BCUT2D eigenvalue weighted by Crippen LogP contribution is 2.24. The number of fused-ring (bicyclic) bond motifs is 1. The summed E-state index contributed by atoms with van der Waals surface area (Å²) in [5.41, 5.74) is 1.29. The molecule has 0 saturated heterocycles. The van der Waals surface area contributed by atoms with Crippen molar-refractivity contribution in [1.82, 2.24) is 14.8 Å². The number of hydrogen-bond acceptors (Lipinski definition) is 3. The number of rotatable bonds is 4. The third kappa shape index (κ3) is 2.78. The molecule has 0 unspecified atom stereocenters. The predicted octanol–water partition coefficient (Wildman–Crippen LogP) is 2.24. The SMILES string of the molecule is C[C@@H]1c2cccn2CCN1CC(=O)NCc1cccs1. The van der Waals surface area contributed by atoms with Gasteiger partial charge in [0.15, 0.2) is 0 Å². The van der Waals surface area contributed by atoms with Crippen LogP contribution in [0.4, 0.5) is 0 Å². The maximum absolute atomic E-state index is 12.0. The van der Waals surface area contributed by atoms with Crippen LogP contribution in [-0.4, -0.2) is 28.5 Å². The molecule has 0 radical (unpaired) electrons. The number of carbonyl (C=O) groups is 1. The van der Waals surface area contributed by atoms with Gasteiger partial charge in [-0.15, -0.1) is 11.3 Å². The van der Waals surface area contributed by atoms with E-state index in [1.165, 1.54) is 10.6 Å². The molecule has 4 nitrogen and oxygen atoms in total. The van der Waals surface area contributed by atoms with Crippen LogP contribution in [0.5, 0.6) is 0 Å². The molecule has 3 heterocycles. The molecule has 2 aromatic heterocycles. The summed E-state index contributed by atoms with van der Waals surface area (Å²) in [7, 11) is 0. The molecular formula is C15H19N3OS. The van der Waals surface area contributed by atoms with E-state index in [4.69, 9.17) is 0 Å². The third-order valence-electron chi connectivity index (χ3n) is 3.86. The number of carbonyl (C=O) groups excluding carboxylic acids is 1. The first kappa shape index (κ1) is 13.4. The van der Waals surface area contributed by atoms with E-state index in [0.29, 0.717) is 19.1 Å². The average Bonchev–Trinajstić information content (AvgIpc) is 3.10. The number of aromatic nitrogens is 1. The molecule has 0 aromatic carbocycles. The van der Waals surface area contributed by atoms with E-state index in [2.05, 4.69) is 40.0 Å². The maximum atomic E-state index is 12.0. The van der Waals surface area contributed by atoms with Crippen molar-refractivity contribution in [2.75, 3.05) is 13.1 Å². The molecule has 1 aliphatic heterocycles. The topological polar surface area (TPSA) is 37.3 Å². The summed E-state index contributed by atoms with van der Waals surface area (Å²) < 4.78 is 2.27. The van der Waals surface area contributed by atoms with E-state index in [1.54, 1.807) is 11.3 Å². The van der Waals surface area contributed by atoms with Crippen molar-refractivity contribution in [3.05, 3.63) is 46.4 Å². The van der Waals surface area contributed by atoms with Crippen molar-refractivity contribution in [3.8, 4) is 0 Å². The van der Waals surface area contributed by atoms with Gasteiger partial charge in [-0.1, -0.05) is 6.07 Å². The van der Waals surface area contributed by atoms with Crippen molar-refractivity contribution in [3.63, 3.8) is 0 Å². The number of thiophene rings is 1. The van der Waals surface area contributed by atoms with E-state index in [-0.39, 0.29) is 5.91 Å². The fourth-order valence-electron chi connectivity index (χ4n) is 2.68. The maximum Gasteiger partial charge on any atom is 0.234 e. The Morgan fingerprint density at radius 3 is 3.10 bits per heavy atom. The third-order valence-corrected chi connectivity index (χ3v) is 4.73. The molecule has 2 aromatic rings. The van der Waals surface area contributed by atoms with Gasteiger partial charge in [-0.25, -0.2) is 0 Å². The highest BCUT2D eigenvalue weighted by molar-refractivity contribution is 7.09. The standard InChI is InChI=1S/C15H19N3OS/c1-12-14-5-2-6-17(14)7-8-18(12)11-15(19)16-10-13-4-3-9-20-13/h2-6,9,12H,7-8,10-11H2,1H3,(H,16,19)/t12-/m1/s1. The number of nitrogens with zero attached hydrogens (tertiary/aromatic N) is 2. The Balaban J connectivity index is 1.54. The van der Waals surface area contributed by atoms with Crippen molar-refractivity contribution in [2.24, 2.45) is 0 Å². The Hall–Kier alpha value is -1.59. The van der Waals surface area contributed by atoms with E-state index >= 15 is 0 Å². The Kier molecular flexibility index (Phi) is 3.89. The summed E-state index contributed by atoms with van der Waals surface area (Å²) in [5.74, 6) is 0.102. The summed E-state index contributed by atoms with van der Waals surface area (Å²) in [4.78, 5) is 15.5. The molecule has 3 rings (SSSR count). The van der Waals surface area contributed by atoms with Gasteiger partial charge in [0.05, 0.1) is 13.1 Å². The van der Waals surface area contributed by atoms with Gasteiger partial charge in [0.2, 0.25) is 5.91 Å². The van der Waals surface area contributed by atoms with E-state index in [9.17, 15) is 4.79 Å². The van der Waals surface area contributed by atoms with Crippen LogP contribution in [0.3, 0.4) is 0 Å². The molecular weight excluding hydrogens is 270 g/mol. The van der Waals surface area contributed by atoms with Crippen LogP contribution >= 0.6 is 11.3 Å². The van der Waals surface area contributed by atoms with E-state index in [1.807, 2.05) is 17.5 Å². The lowest BCUT2D eigenvalue weighted by Gasteiger charge is -2.34. The Labute approximate surface area is 123 Å². The van der Waals surface area contributed by atoms with Gasteiger partial charge in [-0.2, -0.15) is 0 Å². The largest absolute Gasteiger partial charge is 0.350 e. The van der Waals surface area contributed by atoms with Crippen LogP contribution < -0.4 is 5.32 Å². The van der Waals surface area contributed by atoms with Crippen LogP contribution in [0.1, 0.15) is 23.5 Å². The van der Waals surface area contributed by atoms with Crippen molar-refractivity contribution in [1.29, 1.82) is 0 Å². The molecule has 106 valence electrons. The minimum absolute atomic E-state index is 0.102. The number of amides is 1. The van der Waals surface area contributed by atoms with Crippen LogP contribution in [0.25, 0.3) is 0 Å². The lowest BCUT2D eigenvalue weighted by atomic mass is 10.1. The smallest absolute Gasteiger partial charge is 0.234 e. The van der Waals surface area contributed by atoms with E-state index in [0.717, 1.165) is 13.1 Å². The van der Waals surface area contributed by atoms with Crippen LogP contribution in [0, 0.1) is 0 Å². The molecule has 0 saturated carbocycles. The second-order valence-electron chi connectivity index (χ2n) is 5.13. The lowest BCUT2D eigenvalue weighted by molar-refractivity contribution is -0.123. The van der Waals surface area contributed by atoms with Crippen molar-refractivity contribution >= 4 is 17.2 Å². The highest BCUT2D eigenvalue weighted by atomic mass is 32.1. The van der Waals surface area contributed by atoms with Gasteiger partial charge in [0.25, 0.3) is 0 Å². The monoisotopic (exact) mass is 289 g/mol. The van der Waals surface area contributed by atoms with Gasteiger partial charge in [0, 0.05) is 35.9 Å². The summed E-state index contributed by atoms with van der Waals surface area (Å²) in [5, 5.41) is 5.02. The Morgan fingerprint density at radius 1 is 1.40 bits per heavy atom. The minimum atomic E-state index is 0.102. The average molecular weight is 289 g/mol. The molecule has 1 aliphatic rings. The lowest BCUT2D eigenvalue weighted by Crippen LogP contribution is -2.42. The first-order valence-corrected chi connectivity index (χ1v) is 7.80. The van der Waals surface area contributed by atoms with Gasteiger partial charge in [-0.3, -0.25) is 9.69 Å². The molecule has 0 spiro atoms. The quantitative estimate of drug-likeness (QED) is 0.937. The fraction of sp³-hybridized carbons (Fsp3) is 0.400. The molecule has 20 heavy (non-hydrogen) atoms. The zero-order valence-corrected chi connectivity index (χ0v) is 12.4. The molecule has 0 fully saturated rings. The van der Waals surface area contributed by atoms with Crippen LogP contribution in [0.15, 0.2) is 35.8 Å². The first-order chi connectivity index (χ1) is 9.74. The van der Waals surface area contributed by atoms with Crippen molar-refractivity contribution in [2.45, 2.75) is 26.1 Å². The van der Waals surface area contributed by atoms with Gasteiger partial charge in [0.1, 0.15) is 0 Å². The highest BCUT2D eigenvalue weighted by Gasteiger charge is 2.24. The second kappa shape index (κ2) is 5.81.